The van der Waals surface area contributed by atoms with Crippen LogP contribution in [0.4, 0.5) is 0 Å². The van der Waals surface area contributed by atoms with Crippen molar-refractivity contribution in [1.29, 1.82) is 0 Å². The van der Waals surface area contributed by atoms with Gasteiger partial charge in [0.15, 0.2) is 5.65 Å². The van der Waals surface area contributed by atoms with Crippen molar-refractivity contribution in [2.75, 3.05) is 0 Å². The summed E-state index contributed by atoms with van der Waals surface area (Å²) in [6.45, 7) is 12.2. The van der Waals surface area contributed by atoms with Crippen molar-refractivity contribution in [3.8, 4) is 22.6 Å². The minimum atomic E-state index is 0.610. The molecule has 33 heavy (non-hydrogen) atoms. The van der Waals surface area contributed by atoms with Gasteiger partial charge in [0.25, 0.3) is 0 Å². The van der Waals surface area contributed by atoms with Gasteiger partial charge in [-0.25, -0.2) is 9.97 Å². The molecule has 0 amide bonds. The molecule has 0 aliphatic rings. The van der Waals surface area contributed by atoms with Gasteiger partial charge in [0.2, 0.25) is 5.82 Å². The zero-order chi connectivity index (χ0) is 23.1. The SMILES string of the molecule is CCc1nc2c(C)cc(C)nc2n1Cc1ccc(-c2c(-c3nn[nH]n3)cc(C)n2CC)cc1. The Morgan fingerprint density at radius 1 is 0.939 bits per heavy atom. The highest BCUT2D eigenvalue weighted by Gasteiger charge is 2.19. The molecule has 0 aliphatic carbocycles. The van der Waals surface area contributed by atoms with Crippen LogP contribution in [0.2, 0.25) is 0 Å². The second-order valence-corrected chi connectivity index (χ2v) is 8.45. The molecule has 5 rings (SSSR count). The smallest absolute Gasteiger partial charge is 0.206 e. The van der Waals surface area contributed by atoms with E-state index in [-0.39, 0.29) is 0 Å². The van der Waals surface area contributed by atoms with Crippen LogP contribution in [0.3, 0.4) is 0 Å². The highest BCUT2D eigenvalue weighted by molar-refractivity contribution is 5.79. The normalized spacial score (nSPS) is 11.5. The Morgan fingerprint density at radius 2 is 1.73 bits per heavy atom. The summed E-state index contributed by atoms with van der Waals surface area (Å²) in [5, 5.41) is 14.7. The van der Waals surface area contributed by atoms with E-state index in [0.29, 0.717) is 5.82 Å². The quantitative estimate of drug-likeness (QED) is 0.416. The van der Waals surface area contributed by atoms with Crippen molar-refractivity contribution in [2.45, 2.75) is 54.1 Å². The van der Waals surface area contributed by atoms with Gasteiger partial charge in [-0.15, -0.1) is 10.2 Å². The van der Waals surface area contributed by atoms with Crippen molar-refractivity contribution >= 4 is 11.2 Å². The molecule has 0 saturated carbocycles. The molecule has 0 unspecified atom stereocenters. The largest absolute Gasteiger partial charge is 0.345 e. The molecule has 1 aromatic carbocycles. The third kappa shape index (κ3) is 3.61. The molecule has 4 heterocycles. The van der Waals surface area contributed by atoms with Crippen molar-refractivity contribution < 1.29 is 0 Å². The Hall–Kier alpha value is -3.81. The third-order valence-electron chi connectivity index (χ3n) is 6.19. The van der Waals surface area contributed by atoms with Crippen LogP contribution < -0.4 is 0 Å². The lowest BCUT2D eigenvalue weighted by Gasteiger charge is -2.12. The van der Waals surface area contributed by atoms with E-state index in [1.807, 2.05) is 6.92 Å². The van der Waals surface area contributed by atoms with Gasteiger partial charge >= 0.3 is 0 Å². The molecule has 0 aliphatic heterocycles. The van der Waals surface area contributed by atoms with E-state index in [2.05, 4.69) is 93.9 Å². The summed E-state index contributed by atoms with van der Waals surface area (Å²) in [6, 6.07) is 12.9. The third-order valence-corrected chi connectivity index (χ3v) is 6.19. The molecule has 0 saturated heterocycles. The molecular weight excluding hydrogens is 412 g/mol. The zero-order valence-corrected chi connectivity index (χ0v) is 19.7. The summed E-state index contributed by atoms with van der Waals surface area (Å²) < 4.78 is 4.53. The van der Waals surface area contributed by atoms with Gasteiger partial charge in [0.05, 0.1) is 12.2 Å². The van der Waals surface area contributed by atoms with E-state index >= 15 is 0 Å². The minimum Gasteiger partial charge on any atom is -0.345 e. The summed E-state index contributed by atoms with van der Waals surface area (Å²) in [5.74, 6) is 1.67. The maximum absolute atomic E-state index is 4.87. The second-order valence-electron chi connectivity index (χ2n) is 8.45. The standard InChI is InChI=1S/C25H28N8/c1-6-21-27-22-15(3)12-16(4)26-25(22)33(21)14-18-8-10-19(11-9-18)23-20(24-28-30-31-29-24)13-17(5)32(23)7-2/h8-13H,6-7,14H2,1-5H3,(H,28,29,30,31). The second kappa shape index (κ2) is 8.27. The first kappa shape index (κ1) is 21.1. The first-order chi connectivity index (χ1) is 16.0. The topological polar surface area (TPSA) is 90.1 Å². The van der Waals surface area contributed by atoms with E-state index in [4.69, 9.17) is 9.97 Å². The van der Waals surface area contributed by atoms with Crippen LogP contribution in [-0.2, 0) is 19.5 Å². The summed E-state index contributed by atoms with van der Waals surface area (Å²) in [7, 11) is 0. The first-order valence-electron chi connectivity index (χ1n) is 11.4. The number of tetrazole rings is 1. The van der Waals surface area contributed by atoms with Gasteiger partial charge < -0.3 is 9.13 Å². The Balaban J connectivity index is 1.54. The molecule has 8 nitrogen and oxygen atoms in total. The van der Waals surface area contributed by atoms with E-state index in [1.54, 1.807) is 0 Å². The average molecular weight is 441 g/mol. The highest BCUT2D eigenvalue weighted by Crippen LogP contribution is 2.33. The van der Waals surface area contributed by atoms with Gasteiger partial charge in [-0.2, -0.15) is 5.21 Å². The monoisotopic (exact) mass is 440 g/mol. The summed E-state index contributed by atoms with van der Waals surface area (Å²) in [4.78, 5) is 9.68. The van der Waals surface area contributed by atoms with Gasteiger partial charge in [-0.3, -0.25) is 0 Å². The number of H-pyrrole nitrogens is 1. The van der Waals surface area contributed by atoms with E-state index in [1.165, 1.54) is 16.8 Å². The lowest BCUT2D eigenvalue weighted by atomic mass is 10.0. The maximum Gasteiger partial charge on any atom is 0.206 e. The molecule has 0 radical (unpaired) electrons. The van der Waals surface area contributed by atoms with Crippen LogP contribution in [0, 0.1) is 20.8 Å². The van der Waals surface area contributed by atoms with Gasteiger partial charge in [-0.1, -0.05) is 31.2 Å². The lowest BCUT2D eigenvalue weighted by Crippen LogP contribution is -2.06. The molecule has 5 aromatic rings. The number of aromatic nitrogens is 8. The molecule has 0 spiro atoms. The number of fused-ring (bicyclic) bond motifs is 1. The molecule has 4 aromatic heterocycles. The minimum absolute atomic E-state index is 0.610. The maximum atomic E-state index is 4.87. The van der Waals surface area contributed by atoms with Crippen LogP contribution in [0.1, 0.15) is 42.2 Å². The van der Waals surface area contributed by atoms with E-state index in [0.717, 1.165) is 59.0 Å². The molecule has 0 bridgehead atoms. The molecule has 0 atom stereocenters. The predicted molar refractivity (Wildman–Crippen MR) is 129 cm³/mol. The van der Waals surface area contributed by atoms with Crippen molar-refractivity contribution in [3.63, 3.8) is 0 Å². The Bertz CT molecular complexity index is 1420. The molecule has 1 N–H and O–H groups in total. The molecule has 8 heteroatoms. The van der Waals surface area contributed by atoms with E-state index < -0.39 is 0 Å². The van der Waals surface area contributed by atoms with Crippen LogP contribution in [0.15, 0.2) is 36.4 Å². The lowest BCUT2D eigenvalue weighted by molar-refractivity contribution is 0.744. The number of hydrogen-bond donors (Lipinski definition) is 1. The van der Waals surface area contributed by atoms with Crippen LogP contribution >= 0.6 is 0 Å². The molecular formula is C25H28N8. The molecule has 0 fully saturated rings. The number of pyridine rings is 1. The highest BCUT2D eigenvalue weighted by atomic mass is 15.5. The number of aryl methyl sites for hydroxylation is 4. The van der Waals surface area contributed by atoms with E-state index in [9.17, 15) is 0 Å². The fraction of sp³-hybridized carbons (Fsp3) is 0.320. The van der Waals surface area contributed by atoms with Crippen molar-refractivity contribution in [2.24, 2.45) is 0 Å². The fourth-order valence-corrected chi connectivity index (χ4v) is 4.68. The number of rotatable bonds is 6. The number of imidazole rings is 1. The summed E-state index contributed by atoms with van der Waals surface area (Å²) >= 11 is 0. The summed E-state index contributed by atoms with van der Waals surface area (Å²) in [5.41, 5.74) is 9.75. The number of nitrogens with zero attached hydrogens (tertiary/aromatic N) is 7. The van der Waals surface area contributed by atoms with Crippen molar-refractivity contribution in [3.05, 3.63) is 64.7 Å². The number of hydrogen-bond acceptors (Lipinski definition) is 5. The first-order valence-corrected chi connectivity index (χ1v) is 11.4. The van der Waals surface area contributed by atoms with Gasteiger partial charge in [-0.05, 0) is 61.7 Å². The van der Waals surface area contributed by atoms with Gasteiger partial charge in [0, 0.05) is 29.9 Å². The Labute approximate surface area is 192 Å². The number of aromatic amines is 1. The molecule has 168 valence electrons. The predicted octanol–water partition coefficient (Wildman–Crippen LogP) is 4.64. The zero-order valence-electron chi connectivity index (χ0n) is 19.7. The average Bonchev–Trinajstić information content (AvgIpc) is 3.52. The number of nitrogens with one attached hydrogen (secondary N) is 1. The fourth-order valence-electron chi connectivity index (χ4n) is 4.68. The van der Waals surface area contributed by atoms with Crippen LogP contribution in [0.5, 0.6) is 0 Å². The van der Waals surface area contributed by atoms with Crippen molar-refractivity contribution in [1.82, 2.24) is 39.7 Å². The Kier molecular flexibility index (Phi) is 5.28. The number of benzene rings is 1. The van der Waals surface area contributed by atoms with Gasteiger partial charge in [0.1, 0.15) is 11.3 Å². The van der Waals surface area contributed by atoms with Crippen LogP contribution in [-0.4, -0.2) is 39.7 Å². The van der Waals surface area contributed by atoms with Crippen LogP contribution in [0.25, 0.3) is 33.8 Å². The Morgan fingerprint density at radius 3 is 2.39 bits per heavy atom. The summed E-state index contributed by atoms with van der Waals surface area (Å²) in [6.07, 6.45) is 0.865.